The smallest absolute Gasteiger partial charge is 0.345 e. The molecule has 0 spiro atoms. The molecule has 10 heteroatoms. The summed E-state index contributed by atoms with van der Waals surface area (Å²) in [5, 5.41) is 12.7. The average molecular weight is 386 g/mol. The van der Waals surface area contributed by atoms with Crippen LogP contribution in [0.5, 0.6) is 0 Å². The maximum absolute atomic E-state index is 11.7. The van der Waals surface area contributed by atoms with Crippen molar-refractivity contribution >= 4 is 49.3 Å². The molecule has 1 aromatic carbocycles. The molecular formula is C12H8BrN3O5S. The van der Waals surface area contributed by atoms with Crippen molar-refractivity contribution < 1.29 is 19.2 Å². The first-order chi connectivity index (χ1) is 10.5. The standard InChI is InChI=1S/C12H8BrN3O5S/c13-8-3-1-2-7(4-8)11(18)21-6-9(17)15-12-14-5-10(22-12)16(19)20/h1-5H,6H2,(H,14,15,17). The molecule has 0 aliphatic rings. The van der Waals surface area contributed by atoms with E-state index in [0.29, 0.717) is 21.4 Å². The summed E-state index contributed by atoms with van der Waals surface area (Å²) in [5.41, 5.74) is 0.298. The Labute approximate surface area is 136 Å². The van der Waals surface area contributed by atoms with Crippen LogP contribution in [-0.2, 0) is 9.53 Å². The highest BCUT2D eigenvalue weighted by atomic mass is 79.9. The third-order valence-corrected chi connectivity index (χ3v) is 3.67. The maximum Gasteiger partial charge on any atom is 0.345 e. The summed E-state index contributed by atoms with van der Waals surface area (Å²) in [6.45, 7) is -0.515. The van der Waals surface area contributed by atoms with Crippen molar-refractivity contribution in [3.63, 3.8) is 0 Å². The summed E-state index contributed by atoms with van der Waals surface area (Å²) in [4.78, 5) is 36.9. The van der Waals surface area contributed by atoms with Gasteiger partial charge in [0, 0.05) is 4.47 Å². The van der Waals surface area contributed by atoms with Crippen LogP contribution in [0.2, 0.25) is 0 Å². The van der Waals surface area contributed by atoms with Gasteiger partial charge < -0.3 is 4.74 Å². The molecule has 1 heterocycles. The molecule has 0 atom stereocenters. The number of benzene rings is 1. The van der Waals surface area contributed by atoms with Crippen molar-refractivity contribution in [3.05, 3.63) is 50.6 Å². The first kappa shape index (κ1) is 16.0. The SMILES string of the molecule is O=C(COC(=O)c1cccc(Br)c1)Nc1ncc([N+](=O)[O-])s1. The quantitative estimate of drug-likeness (QED) is 0.480. The number of nitro groups is 1. The van der Waals surface area contributed by atoms with Crippen molar-refractivity contribution in [3.8, 4) is 0 Å². The Morgan fingerprint density at radius 1 is 1.45 bits per heavy atom. The highest BCUT2D eigenvalue weighted by molar-refractivity contribution is 9.10. The van der Waals surface area contributed by atoms with E-state index in [4.69, 9.17) is 4.74 Å². The molecule has 2 aromatic rings. The van der Waals surface area contributed by atoms with Crippen LogP contribution >= 0.6 is 27.3 Å². The number of nitrogens with zero attached hydrogens (tertiary/aromatic N) is 2. The molecule has 0 aliphatic heterocycles. The Balaban J connectivity index is 1.87. The van der Waals surface area contributed by atoms with Crippen LogP contribution in [0.1, 0.15) is 10.4 Å². The summed E-state index contributed by atoms with van der Waals surface area (Å²) in [5.74, 6) is -1.28. The minimum atomic E-state index is -0.651. The van der Waals surface area contributed by atoms with Crippen LogP contribution in [0.15, 0.2) is 34.9 Å². The van der Waals surface area contributed by atoms with Crippen LogP contribution < -0.4 is 5.32 Å². The highest BCUT2D eigenvalue weighted by Gasteiger charge is 2.15. The van der Waals surface area contributed by atoms with E-state index in [1.165, 1.54) is 0 Å². The molecule has 8 nitrogen and oxygen atoms in total. The van der Waals surface area contributed by atoms with Gasteiger partial charge in [0.25, 0.3) is 5.91 Å². The number of hydrogen-bond acceptors (Lipinski definition) is 7. The molecule has 22 heavy (non-hydrogen) atoms. The Morgan fingerprint density at radius 3 is 2.86 bits per heavy atom. The van der Waals surface area contributed by atoms with E-state index in [-0.39, 0.29) is 10.1 Å². The van der Waals surface area contributed by atoms with Gasteiger partial charge >= 0.3 is 11.0 Å². The number of carbonyl (C=O) groups is 2. The van der Waals surface area contributed by atoms with Crippen molar-refractivity contribution in [1.82, 2.24) is 4.98 Å². The van der Waals surface area contributed by atoms with E-state index in [1.54, 1.807) is 24.3 Å². The number of aromatic nitrogens is 1. The molecule has 1 N–H and O–H groups in total. The van der Waals surface area contributed by atoms with E-state index in [9.17, 15) is 19.7 Å². The summed E-state index contributed by atoms with van der Waals surface area (Å²) < 4.78 is 5.55. The predicted octanol–water partition coefficient (Wildman–Crippen LogP) is 2.61. The molecule has 114 valence electrons. The van der Waals surface area contributed by atoms with Gasteiger partial charge in [-0.1, -0.05) is 22.0 Å². The summed E-state index contributed by atoms with van der Waals surface area (Å²) >= 11 is 3.93. The number of carbonyl (C=O) groups excluding carboxylic acids is 2. The first-order valence-electron chi connectivity index (χ1n) is 5.78. The molecular weight excluding hydrogens is 378 g/mol. The number of esters is 1. The van der Waals surface area contributed by atoms with E-state index in [2.05, 4.69) is 26.2 Å². The lowest BCUT2D eigenvalue weighted by molar-refractivity contribution is -0.380. The van der Waals surface area contributed by atoms with Gasteiger partial charge in [0.15, 0.2) is 11.7 Å². The van der Waals surface area contributed by atoms with Crippen LogP contribution in [0.25, 0.3) is 0 Å². The van der Waals surface area contributed by atoms with Gasteiger partial charge in [-0.15, -0.1) is 0 Å². The second-order valence-electron chi connectivity index (χ2n) is 3.90. The van der Waals surface area contributed by atoms with E-state index in [0.717, 1.165) is 6.20 Å². The van der Waals surface area contributed by atoms with Crippen molar-refractivity contribution in [1.29, 1.82) is 0 Å². The van der Waals surface area contributed by atoms with Crippen LogP contribution in [0.3, 0.4) is 0 Å². The summed E-state index contributed by atoms with van der Waals surface area (Å²) in [6.07, 6.45) is 1.04. The zero-order valence-corrected chi connectivity index (χ0v) is 13.2. The Bertz CT molecular complexity index is 733. The predicted molar refractivity (Wildman–Crippen MR) is 81.8 cm³/mol. The van der Waals surface area contributed by atoms with Crippen molar-refractivity contribution in [2.75, 3.05) is 11.9 Å². The van der Waals surface area contributed by atoms with Gasteiger partial charge in [-0.05, 0) is 29.5 Å². The van der Waals surface area contributed by atoms with Crippen LogP contribution in [0.4, 0.5) is 10.1 Å². The fourth-order valence-electron chi connectivity index (χ4n) is 1.39. The molecule has 0 radical (unpaired) electrons. The molecule has 2 rings (SSSR count). The zero-order chi connectivity index (χ0) is 16.1. The third kappa shape index (κ3) is 4.33. The molecule has 1 aromatic heterocycles. The number of halogens is 1. The largest absolute Gasteiger partial charge is 0.452 e. The van der Waals surface area contributed by atoms with Gasteiger partial charge in [0.1, 0.15) is 6.20 Å². The summed E-state index contributed by atoms with van der Waals surface area (Å²) in [6, 6.07) is 6.52. The van der Waals surface area contributed by atoms with Gasteiger partial charge in [-0.25, -0.2) is 9.78 Å². The second kappa shape index (κ2) is 7.09. The topological polar surface area (TPSA) is 111 Å². The fourth-order valence-corrected chi connectivity index (χ4v) is 2.44. The number of hydrogen-bond donors (Lipinski definition) is 1. The first-order valence-corrected chi connectivity index (χ1v) is 7.39. The molecule has 0 saturated heterocycles. The van der Waals surface area contributed by atoms with Gasteiger partial charge in [0.2, 0.25) is 0 Å². The lowest BCUT2D eigenvalue weighted by Gasteiger charge is -2.04. The zero-order valence-electron chi connectivity index (χ0n) is 10.8. The number of anilines is 1. The third-order valence-electron chi connectivity index (χ3n) is 2.31. The minimum Gasteiger partial charge on any atom is -0.452 e. The normalized spacial score (nSPS) is 10.0. The maximum atomic E-state index is 11.7. The minimum absolute atomic E-state index is 0.0650. The lowest BCUT2D eigenvalue weighted by atomic mass is 10.2. The van der Waals surface area contributed by atoms with Crippen molar-refractivity contribution in [2.45, 2.75) is 0 Å². The lowest BCUT2D eigenvalue weighted by Crippen LogP contribution is -2.20. The van der Waals surface area contributed by atoms with Gasteiger partial charge in [0.05, 0.1) is 10.5 Å². The number of rotatable bonds is 5. The van der Waals surface area contributed by atoms with Gasteiger partial charge in [-0.2, -0.15) is 0 Å². The van der Waals surface area contributed by atoms with E-state index < -0.39 is 23.4 Å². The van der Waals surface area contributed by atoms with Crippen LogP contribution in [0, 0.1) is 10.1 Å². The Morgan fingerprint density at radius 2 is 2.23 bits per heavy atom. The fraction of sp³-hybridized carbons (Fsp3) is 0.0833. The monoisotopic (exact) mass is 385 g/mol. The van der Waals surface area contributed by atoms with E-state index >= 15 is 0 Å². The molecule has 0 fully saturated rings. The number of nitrogens with one attached hydrogen (secondary N) is 1. The molecule has 0 unspecified atom stereocenters. The molecule has 0 aliphatic carbocycles. The summed E-state index contributed by atoms with van der Waals surface area (Å²) in [7, 11) is 0. The number of amides is 1. The molecule has 0 bridgehead atoms. The highest BCUT2D eigenvalue weighted by Crippen LogP contribution is 2.24. The average Bonchev–Trinajstić information content (AvgIpc) is 2.93. The van der Waals surface area contributed by atoms with Crippen molar-refractivity contribution in [2.24, 2.45) is 0 Å². The Kier molecular flexibility index (Phi) is 5.17. The number of ether oxygens (including phenoxy) is 1. The number of thiazole rings is 1. The van der Waals surface area contributed by atoms with E-state index in [1.807, 2.05) is 0 Å². The van der Waals surface area contributed by atoms with Gasteiger partial charge in [-0.3, -0.25) is 20.2 Å². The molecule has 0 saturated carbocycles. The van der Waals surface area contributed by atoms with Crippen LogP contribution in [-0.4, -0.2) is 28.4 Å². The second-order valence-corrected chi connectivity index (χ2v) is 5.82. The molecule has 1 amide bonds. The Hall–Kier alpha value is -2.33.